The molecule has 1 aromatic rings. The molecule has 0 radical (unpaired) electrons. The molecule has 0 spiro atoms. The summed E-state index contributed by atoms with van der Waals surface area (Å²) in [5, 5.41) is 1.96. The van der Waals surface area contributed by atoms with E-state index in [9.17, 15) is 9.59 Å². The van der Waals surface area contributed by atoms with Crippen LogP contribution in [0.5, 0.6) is 0 Å². The van der Waals surface area contributed by atoms with Crippen LogP contribution in [0.3, 0.4) is 0 Å². The highest BCUT2D eigenvalue weighted by atomic mass is 32.1. The van der Waals surface area contributed by atoms with Crippen LogP contribution in [0.2, 0.25) is 0 Å². The van der Waals surface area contributed by atoms with E-state index < -0.39 is 0 Å². The molecule has 21 heavy (non-hydrogen) atoms. The van der Waals surface area contributed by atoms with Crippen LogP contribution in [0, 0.1) is 5.92 Å². The van der Waals surface area contributed by atoms with Crippen molar-refractivity contribution >= 4 is 23.2 Å². The number of rotatable bonds is 1. The molecule has 0 N–H and O–H groups in total. The number of thiophene rings is 1. The number of hydrogen-bond acceptors (Lipinski definition) is 3. The van der Waals surface area contributed by atoms with Crippen LogP contribution in [0.25, 0.3) is 0 Å². The summed E-state index contributed by atoms with van der Waals surface area (Å²) in [6.07, 6.45) is 4.27. The quantitative estimate of drug-likeness (QED) is 0.800. The molecule has 2 amide bonds. The lowest BCUT2D eigenvalue weighted by molar-refractivity contribution is -0.131. The van der Waals surface area contributed by atoms with Crippen LogP contribution >= 0.6 is 11.3 Å². The van der Waals surface area contributed by atoms with E-state index in [2.05, 4.69) is 4.90 Å². The van der Waals surface area contributed by atoms with Crippen molar-refractivity contribution in [3.05, 3.63) is 22.4 Å². The Balaban J connectivity index is 1.78. The fourth-order valence-corrected chi connectivity index (χ4v) is 4.33. The van der Waals surface area contributed by atoms with Gasteiger partial charge in [0, 0.05) is 32.6 Å². The molecule has 2 atom stereocenters. The maximum atomic E-state index is 12.7. The third-order valence-electron chi connectivity index (χ3n) is 4.76. The fourth-order valence-electron chi connectivity index (χ4n) is 3.65. The molecule has 3 heterocycles. The van der Waals surface area contributed by atoms with Crippen molar-refractivity contribution in [2.24, 2.45) is 5.92 Å². The maximum Gasteiger partial charge on any atom is 0.264 e. The van der Waals surface area contributed by atoms with Gasteiger partial charge in [-0.2, -0.15) is 0 Å². The highest BCUT2D eigenvalue weighted by Gasteiger charge is 2.37. The Morgan fingerprint density at radius 1 is 1.24 bits per heavy atom. The first-order valence-electron chi connectivity index (χ1n) is 7.77. The molecular weight excluding hydrogens is 284 g/mol. The van der Waals surface area contributed by atoms with Crippen molar-refractivity contribution in [1.29, 1.82) is 0 Å². The van der Waals surface area contributed by atoms with Crippen molar-refractivity contribution in [1.82, 2.24) is 9.80 Å². The second-order valence-electron chi connectivity index (χ2n) is 6.05. The standard InChI is InChI=1S/C16H22N2O2S/c1-12(19)17-9-7-14-13(11-17)5-2-3-8-18(14)16(20)15-6-4-10-21-15/h4,6,10,13-14H,2-3,5,7-9,11H2,1H3/t13-,14-/m1/s1. The third kappa shape index (κ3) is 2.98. The summed E-state index contributed by atoms with van der Waals surface area (Å²) >= 11 is 1.52. The summed E-state index contributed by atoms with van der Waals surface area (Å²) in [6.45, 7) is 4.10. The number of nitrogens with zero attached hydrogens (tertiary/aromatic N) is 2. The Hall–Kier alpha value is -1.36. The van der Waals surface area contributed by atoms with E-state index in [0.29, 0.717) is 12.0 Å². The lowest BCUT2D eigenvalue weighted by Gasteiger charge is -2.42. The summed E-state index contributed by atoms with van der Waals surface area (Å²) in [7, 11) is 0. The highest BCUT2D eigenvalue weighted by Crippen LogP contribution is 2.31. The number of likely N-dealkylation sites (tertiary alicyclic amines) is 2. The van der Waals surface area contributed by atoms with Gasteiger partial charge in [0.2, 0.25) is 5.91 Å². The SMILES string of the molecule is CC(=O)N1CC[C@@H]2[C@H](CCCCN2C(=O)c2cccs2)C1. The Bertz CT molecular complexity index is 514. The molecule has 1 aromatic heterocycles. The van der Waals surface area contributed by atoms with E-state index in [1.807, 2.05) is 22.4 Å². The van der Waals surface area contributed by atoms with Crippen molar-refractivity contribution < 1.29 is 9.59 Å². The number of carbonyl (C=O) groups is 2. The summed E-state index contributed by atoms with van der Waals surface area (Å²) in [5.74, 6) is 0.779. The Labute approximate surface area is 129 Å². The van der Waals surface area contributed by atoms with E-state index in [0.717, 1.165) is 50.2 Å². The van der Waals surface area contributed by atoms with E-state index in [4.69, 9.17) is 0 Å². The average Bonchev–Trinajstić information content (AvgIpc) is 2.93. The molecule has 3 rings (SSSR count). The molecule has 0 aliphatic carbocycles. The van der Waals surface area contributed by atoms with Gasteiger partial charge in [-0.15, -0.1) is 11.3 Å². The van der Waals surface area contributed by atoms with Gasteiger partial charge in [0.1, 0.15) is 0 Å². The molecular formula is C16H22N2O2S. The molecule has 114 valence electrons. The Morgan fingerprint density at radius 2 is 2.10 bits per heavy atom. The van der Waals surface area contributed by atoms with Crippen molar-refractivity contribution in [2.75, 3.05) is 19.6 Å². The zero-order chi connectivity index (χ0) is 14.8. The lowest BCUT2D eigenvalue weighted by Crippen LogP contribution is -2.53. The second kappa shape index (κ2) is 6.18. The van der Waals surface area contributed by atoms with Gasteiger partial charge >= 0.3 is 0 Å². The van der Waals surface area contributed by atoms with E-state index in [-0.39, 0.29) is 11.8 Å². The predicted molar refractivity (Wildman–Crippen MR) is 83.4 cm³/mol. The molecule has 5 heteroatoms. The van der Waals surface area contributed by atoms with Crippen LogP contribution in [0.15, 0.2) is 17.5 Å². The summed E-state index contributed by atoms with van der Waals surface area (Å²) in [5.41, 5.74) is 0. The topological polar surface area (TPSA) is 40.6 Å². The van der Waals surface area contributed by atoms with Gasteiger partial charge < -0.3 is 9.80 Å². The van der Waals surface area contributed by atoms with Gasteiger partial charge in [-0.1, -0.05) is 12.5 Å². The van der Waals surface area contributed by atoms with Crippen LogP contribution in [-0.2, 0) is 4.79 Å². The molecule has 0 unspecified atom stereocenters. The third-order valence-corrected chi connectivity index (χ3v) is 5.61. The van der Waals surface area contributed by atoms with Gasteiger partial charge in [-0.25, -0.2) is 0 Å². The molecule has 4 nitrogen and oxygen atoms in total. The molecule has 2 saturated heterocycles. The Kier molecular flexibility index (Phi) is 4.29. The molecule has 2 fully saturated rings. The minimum Gasteiger partial charge on any atom is -0.343 e. The van der Waals surface area contributed by atoms with Crippen molar-refractivity contribution in [3.63, 3.8) is 0 Å². The number of hydrogen-bond donors (Lipinski definition) is 0. The van der Waals surface area contributed by atoms with Gasteiger partial charge in [-0.05, 0) is 36.6 Å². The van der Waals surface area contributed by atoms with Crippen LogP contribution in [0.4, 0.5) is 0 Å². The number of carbonyl (C=O) groups excluding carboxylic acids is 2. The normalized spacial score (nSPS) is 26.1. The summed E-state index contributed by atoms with van der Waals surface area (Å²) in [4.78, 5) is 29.2. The molecule has 0 saturated carbocycles. The summed E-state index contributed by atoms with van der Waals surface area (Å²) < 4.78 is 0. The first-order chi connectivity index (χ1) is 10.2. The number of piperidine rings is 1. The van der Waals surface area contributed by atoms with Crippen LogP contribution in [-0.4, -0.2) is 47.3 Å². The number of amides is 2. The molecule has 0 bridgehead atoms. The van der Waals surface area contributed by atoms with E-state index in [1.54, 1.807) is 6.92 Å². The van der Waals surface area contributed by atoms with Gasteiger partial charge in [0.05, 0.1) is 4.88 Å². The van der Waals surface area contributed by atoms with E-state index in [1.165, 1.54) is 11.3 Å². The minimum absolute atomic E-state index is 0.161. The second-order valence-corrected chi connectivity index (χ2v) is 7.00. The monoisotopic (exact) mass is 306 g/mol. The van der Waals surface area contributed by atoms with Crippen molar-refractivity contribution in [3.8, 4) is 0 Å². The molecule has 0 aromatic carbocycles. The Morgan fingerprint density at radius 3 is 2.81 bits per heavy atom. The average molecular weight is 306 g/mol. The van der Waals surface area contributed by atoms with Gasteiger partial charge in [-0.3, -0.25) is 9.59 Å². The zero-order valence-electron chi connectivity index (χ0n) is 12.5. The first kappa shape index (κ1) is 14.6. The van der Waals surface area contributed by atoms with Crippen LogP contribution < -0.4 is 0 Å². The fraction of sp³-hybridized carbons (Fsp3) is 0.625. The molecule has 2 aliphatic rings. The summed E-state index contributed by atoms with van der Waals surface area (Å²) in [6, 6.07) is 4.15. The highest BCUT2D eigenvalue weighted by molar-refractivity contribution is 7.12. The van der Waals surface area contributed by atoms with Crippen molar-refractivity contribution in [2.45, 2.75) is 38.6 Å². The maximum absolute atomic E-state index is 12.7. The first-order valence-corrected chi connectivity index (χ1v) is 8.65. The van der Waals surface area contributed by atoms with Gasteiger partial charge in [0.25, 0.3) is 5.91 Å². The number of fused-ring (bicyclic) bond motifs is 1. The van der Waals surface area contributed by atoms with E-state index >= 15 is 0 Å². The zero-order valence-corrected chi connectivity index (χ0v) is 13.3. The van der Waals surface area contributed by atoms with Gasteiger partial charge in [0.15, 0.2) is 0 Å². The van der Waals surface area contributed by atoms with Crippen LogP contribution in [0.1, 0.15) is 42.3 Å². The predicted octanol–water partition coefficient (Wildman–Crippen LogP) is 2.61. The lowest BCUT2D eigenvalue weighted by atomic mass is 9.88. The minimum atomic E-state index is 0.161. The molecule has 2 aliphatic heterocycles. The largest absolute Gasteiger partial charge is 0.343 e. The smallest absolute Gasteiger partial charge is 0.264 e.